The van der Waals surface area contributed by atoms with E-state index in [1.165, 1.54) is 25.3 Å². The maximum atomic E-state index is 13.6. The number of hydrogen-bond acceptors (Lipinski definition) is 1. The molecule has 5 heteroatoms. The molecule has 2 nitrogen and oxygen atoms in total. The van der Waals surface area contributed by atoms with Gasteiger partial charge in [-0.05, 0) is 49.2 Å². The fourth-order valence-electron chi connectivity index (χ4n) is 2.45. The van der Waals surface area contributed by atoms with E-state index in [0.717, 1.165) is 6.42 Å². The van der Waals surface area contributed by atoms with Gasteiger partial charge in [0.25, 0.3) is 0 Å². The van der Waals surface area contributed by atoms with Crippen LogP contribution in [-0.4, -0.2) is 11.2 Å². The Labute approximate surface area is 123 Å². The quantitative estimate of drug-likeness (QED) is 0.794. The second-order valence-electron chi connectivity index (χ2n) is 5.09. The Bertz CT molecular complexity index is 467. The van der Waals surface area contributed by atoms with Gasteiger partial charge in [-0.1, -0.05) is 31.4 Å². The largest absolute Gasteiger partial charge is 0.359 e. The third kappa shape index (κ3) is 4.05. The monoisotopic (exact) mass is 300 g/mol. The second kappa shape index (κ2) is 6.53. The predicted molar refractivity (Wildman–Crippen MR) is 82.2 cm³/mol. The van der Waals surface area contributed by atoms with Gasteiger partial charge in [0.1, 0.15) is 5.82 Å². The van der Waals surface area contributed by atoms with E-state index in [-0.39, 0.29) is 0 Å². The van der Waals surface area contributed by atoms with Crippen LogP contribution in [0.3, 0.4) is 0 Å². The minimum Gasteiger partial charge on any atom is -0.359 e. The van der Waals surface area contributed by atoms with Crippen LogP contribution in [0.5, 0.6) is 0 Å². The van der Waals surface area contributed by atoms with Crippen molar-refractivity contribution in [2.75, 3.05) is 5.32 Å². The Morgan fingerprint density at radius 3 is 2.79 bits per heavy atom. The first-order valence-electron chi connectivity index (χ1n) is 6.59. The fourth-order valence-corrected chi connectivity index (χ4v) is 2.87. The molecular weight excluding hydrogens is 283 g/mol. The molecule has 19 heavy (non-hydrogen) atoms. The van der Waals surface area contributed by atoms with Crippen LogP contribution in [0.2, 0.25) is 5.02 Å². The van der Waals surface area contributed by atoms with Crippen LogP contribution < -0.4 is 10.6 Å². The third-order valence-corrected chi connectivity index (χ3v) is 4.06. The zero-order valence-corrected chi connectivity index (χ0v) is 12.5. The first-order chi connectivity index (χ1) is 9.06. The van der Waals surface area contributed by atoms with Crippen LogP contribution in [0.25, 0.3) is 0 Å². The molecule has 1 aromatic rings. The van der Waals surface area contributed by atoms with E-state index in [2.05, 4.69) is 17.6 Å². The normalized spacial score (nSPS) is 22.9. The number of thiocarbonyl (C=S) groups is 1. The van der Waals surface area contributed by atoms with Crippen molar-refractivity contribution in [3.05, 3.63) is 29.0 Å². The zero-order valence-electron chi connectivity index (χ0n) is 10.9. The molecule has 0 unspecified atom stereocenters. The molecule has 1 aliphatic rings. The molecule has 0 bridgehead atoms. The lowest BCUT2D eigenvalue weighted by Crippen LogP contribution is -2.43. The molecule has 0 aliphatic heterocycles. The van der Waals surface area contributed by atoms with Gasteiger partial charge in [0.2, 0.25) is 0 Å². The van der Waals surface area contributed by atoms with E-state index in [1.807, 2.05) is 0 Å². The number of halogens is 2. The highest BCUT2D eigenvalue weighted by atomic mass is 35.5. The standard InChI is InChI=1S/C14H18ClFN2S/c1-9-4-2-3-5-12(9)17-14(19)18-13-7-6-10(15)8-11(13)16/h6-9,12H,2-5H2,1H3,(H2,17,18,19)/t9-,12+/m1/s1. The molecule has 0 amide bonds. The van der Waals surface area contributed by atoms with Crippen LogP contribution in [-0.2, 0) is 0 Å². The molecular formula is C14H18ClFN2S. The number of hydrogen-bond donors (Lipinski definition) is 2. The Balaban J connectivity index is 1.93. The molecule has 0 spiro atoms. The molecule has 0 saturated heterocycles. The minimum absolute atomic E-state index is 0.352. The van der Waals surface area contributed by atoms with Gasteiger partial charge in [-0.15, -0.1) is 0 Å². The van der Waals surface area contributed by atoms with Crippen molar-refractivity contribution in [2.24, 2.45) is 5.92 Å². The SMILES string of the molecule is C[C@@H]1CCCC[C@@H]1NC(=S)Nc1ccc(Cl)cc1F. The fraction of sp³-hybridized carbons (Fsp3) is 0.500. The average molecular weight is 301 g/mol. The lowest BCUT2D eigenvalue weighted by molar-refractivity contribution is 0.309. The van der Waals surface area contributed by atoms with E-state index in [1.54, 1.807) is 12.1 Å². The first kappa shape index (κ1) is 14.5. The Hall–Kier alpha value is -0.870. The maximum Gasteiger partial charge on any atom is 0.171 e. The highest BCUT2D eigenvalue weighted by molar-refractivity contribution is 7.80. The van der Waals surface area contributed by atoms with Crippen LogP contribution in [0.15, 0.2) is 18.2 Å². The summed E-state index contributed by atoms with van der Waals surface area (Å²) in [5, 5.41) is 7.02. The lowest BCUT2D eigenvalue weighted by atomic mass is 9.86. The van der Waals surface area contributed by atoms with Crippen LogP contribution >= 0.6 is 23.8 Å². The summed E-state index contributed by atoms with van der Waals surface area (Å²) in [6.45, 7) is 2.22. The smallest absolute Gasteiger partial charge is 0.171 e. The molecule has 1 fully saturated rings. The van der Waals surface area contributed by atoms with E-state index in [9.17, 15) is 4.39 Å². The van der Waals surface area contributed by atoms with Crippen molar-refractivity contribution >= 4 is 34.6 Å². The second-order valence-corrected chi connectivity index (χ2v) is 5.94. The Morgan fingerprint density at radius 2 is 2.11 bits per heavy atom. The van der Waals surface area contributed by atoms with Gasteiger partial charge in [0.05, 0.1) is 5.69 Å². The minimum atomic E-state index is -0.395. The van der Waals surface area contributed by atoms with Crippen molar-refractivity contribution in [3.63, 3.8) is 0 Å². The zero-order chi connectivity index (χ0) is 13.8. The van der Waals surface area contributed by atoms with Crippen LogP contribution in [0.1, 0.15) is 32.6 Å². The number of anilines is 1. The van der Waals surface area contributed by atoms with Crippen molar-refractivity contribution in [1.29, 1.82) is 0 Å². The highest BCUT2D eigenvalue weighted by Gasteiger charge is 2.21. The summed E-state index contributed by atoms with van der Waals surface area (Å²) in [5.41, 5.74) is 0.352. The molecule has 1 saturated carbocycles. The molecule has 104 valence electrons. The van der Waals surface area contributed by atoms with Gasteiger partial charge in [-0.2, -0.15) is 0 Å². The molecule has 2 N–H and O–H groups in total. The molecule has 2 rings (SSSR count). The van der Waals surface area contributed by atoms with E-state index in [4.69, 9.17) is 23.8 Å². The Morgan fingerprint density at radius 1 is 1.37 bits per heavy atom. The van der Waals surface area contributed by atoms with Gasteiger partial charge in [-0.25, -0.2) is 4.39 Å². The average Bonchev–Trinajstić information content (AvgIpc) is 2.36. The first-order valence-corrected chi connectivity index (χ1v) is 7.37. The van der Waals surface area contributed by atoms with Crippen LogP contribution in [0.4, 0.5) is 10.1 Å². The summed E-state index contributed by atoms with van der Waals surface area (Å²) in [7, 11) is 0. The summed E-state index contributed by atoms with van der Waals surface area (Å²) in [6, 6.07) is 4.88. The molecule has 2 atom stereocenters. The summed E-state index contributed by atoms with van der Waals surface area (Å²) in [6.07, 6.45) is 4.84. The number of benzene rings is 1. The van der Waals surface area contributed by atoms with Gasteiger partial charge < -0.3 is 10.6 Å². The predicted octanol–water partition coefficient (Wildman–Crippen LogP) is 4.34. The third-order valence-electron chi connectivity index (χ3n) is 3.61. The van der Waals surface area contributed by atoms with Crippen molar-refractivity contribution in [3.8, 4) is 0 Å². The van der Waals surface area contributed by atoms with Gasteiger partial charge >= 0.3 is 0 Å². The van der Waals surface area contributed by atoms with E-state index in [0.29, 0.717) is 27.8 Å². The molecule has 0 aromatic heterocycles. The molecule has 0 heterocycles. The topological polar surface area (TPSA) is 24.1 Å². The highest BCUT2D eigenvalue weighted by Crippen LogP contribution is 2.24. The summed E-state index contributed by atoms with van der Waals surface area (Å²) in [4.78, 5) is 0. The van der Waals surface area contributed by atoms with Crippen molar-refractivity contribution in [1.82, 2.24) is 5.32 Å². The summed E-state index contributed by atoms with van der Waals surface area (Å²) >= 11 is 11.0. The van der Waals surface area contributed by atoms with E-state index >= 15 is 0 Å². The van der Waals surface area contributed by atoms with Gasteiger partial charge in [-0.3, -0.25) is 0 Å². The number of nitrogens with one attached hydrogen (secondary N) is 2. The van der Waals surface area contributed by atoms with Gasteiger partial charge in [0.15, 0.2) is 5.11 Å². The summed E-state index contributed by atoms with van der Waals surface area (Å²) < 4.78 is 13.6. The van der Waals surface area contributed by atoms with Crippen molar-refractivity contribution < 1.29 is 4.39 Å². The molecule has 0 radical (unpaired) electrons. The van der Waals surface area contributed by atoms with Gasteiger partial charge in [0, 0.05) is 11.1 Å². The summed E-state index contributed by atoms with van der Waals surface area (Å²) in [5.74, 6) is 0.205. The van der Waals surface area contributed by atoms with E-state index < -0.39 is 5.82 Å². The van der Waals surface area contributed by atoms with Crippen LogP contribution in [0, 0.1) is 11.7 Å². The molecule has 1 aliphatic carbocycles. The number of rotatable bonds is 2. The van der Waals surface area contributed by atoms with Crippen molar-refractivity contribution in [2.45, 2.75) is 38.6 Å². The maximum absolute atomic E-state index is 13.6. The lowest BCUT2D eigenvalue weighted by Gasteiger charge is -2.30. The molecule has 1 aromatic carbocycles. The Kier molecular flexibility index (Phi) is 4.99.